The third-order valence-electron chi connectivity index (χ3n) is 6.02. The van der Waals surface area contributed by atoms with Gasteiger partial charge in [-0.2, -0.15) is 4.31 Å². The van der Waals surface area contributed by atoms with Crippen molar-refractivity contribution < 1.29 is 13.2 Å². The average Bonchev–Trinajstić information content (AvgIpc) is 3.06. The summed E-state index contributed by atoms with van der Waals surface area (Å²) in [5.41, 5.74) is 5.54. The summed E-state index contributed by atoms with van der Waals surface area (Å²) in [6.45, 7) is 3.88. The number of fused-ring (bicyclic) bond motifs is 3. The van der Waals surface area contributed by atoms with Gasteiger partial charge in [0.15, 0.2) is 0 Å². The van der Waals surface area contributed by atoms with Crippen LogP contribution in [0.3, 0.4) is 0 Å². The van der Waals surface area contributed by atoms with Crippen molar-refractivity contribution in [3.05, 3.63) is 58.8 Å². The third-order valence-corrected chi connectivity index (χ3v) is 7.95. The summed E-state index contributed by atoms with van der Waals surface area (Å²) in [5.74, 6) is 0.401. The van der Waals surface area contributed by atoms with Crippen molar-refractivity contribution in [2.75, 3.05) is 14.2 Å². The molecule has 1 aromatic heterocycles. The molecule has 1 unspecified atom stereocenters. The van der Waals surface area contributed by atoms with E-state index in [9.17, 15) is 8.42 Å². The van der Waals surface area contributed by atoms with E-state index in [0.29, 0.717) is 12.2 Å². The second-order valence-corrected chi connectivity index (χ2v) is 9.60. The molecule has 0 spiro atoms. The molecule has 0 radical (unpaired) electrons. The Kier molecular flexibility index (Phi) is 4.71. The molecule has 1 aliphatic carbocycles. The van der Waals surface area contributed by atoms with E-state index in [2.05, 4.69) is 17.1 Å². The predicted octanol–water partition coefficient (Wildman–Crippen LogP) is 3.97. The minimum absolute atomic E-state index is 0.0805. The number of hydrogen-bond acceptors (Lipinski definition) is 3. The summed E-state index contributed by atoms with van der Waals surface area (Å²) in [6, 6.07) is 11.7. The van der Waals surface area contributed by atoms with E-state index in [1.807, 2.05) is 26.0 Å². The van der Waals surface area contributed by atoms with Crippen LogP contribution in [0.4, 0.5) is 0 Å². The molecular weight excluding hydrogens is 372 g/mol. The van der Waals surface area contributed by atoms with E-state index in [1.54, 1.807) is 19.2 Å². The minimum Gasteiger partial charge on any atom is -0.495 e. The number of aromatic nitrogens is 1. The first kappa shape index (κ1) is 19.0. The molecule has 5 nitrogen and oxygen atoms in total. The number of ether oxygens (including phenoxy) is 1. The molecule has 3 aromatic rings. The van der Waals surface area contributed by atoms with Crippen LogP contribution in [0.2, 0.25) is 0 Å². The molecule has 2 aromatic carbocycles. The molecule has 0 saturated heterocycles. The fourth-order valence-corrected chi connectivity index (χ4v) is 5.74. The Bertz CT molecular complexity index is 1150. The lowest BCUT2D eigenvalue weighted by Crippen LogP contribution is -2.40. The zero-order valence-corrected chi connectivity index (χ0v) is 17.6. The molecule has 1 aliphatic rings. The largest absolute Gasteiger partial charge is 0.495 e. The number of benzene rings is 2. The number of sulfonamides is 1. The van der Waals surface area contributed by atoms with Crippen molar-refractivity contribution >= 4 is 20.9 Å². The summed E-state index contributed by atoms with van der Waals surface area (Å²) in [6.07, 6.45) is 2.35. The molecule has 0 amide bonds. The molecule has 0 fully saturated rings. The Morgan fingerprint density at radius 1 is 1.14 bits per heavy atom. The number of aromatic amines is 1. The van der Waals surface area contributed by atoms with Crippen molar-refractivity contribution in [1.82, 2.24) is 9.29 Å². The molecule has 0 aliphatic heterocycles. The summed E-state index contributed by atoms with van der Waals surface area (Å²) < 4.78 is 33.8. The minimum atomic E-state index is -3.66. The number of likely N-dealkylation sites (N-methyl/N-ethyl adjacent to an activating group) is 1. The molecule has 6 heteroatoms. The van der Waals surface area contributed by atoms with Crippen molar-refractivity contribution in [2.45, 2.75) is 44.0 Å². The van der Waals surface area contributed by atoms with Crippen LogP contribution in [0.15, 0.2) is 41.3 Å². The topological polar surface area (TPSA) is 62.4 Å². The average molecular weight is 399 g/mol. The monoisotopic (exact) mass is 398 g/mol. The standard InChI is InChI=1S/C22H26N2O3S/c1-14-11-21(27-4)22(12-15(14)2)28(25,26)24(3)16-9-10-20-18(13-16)17-7-5-6-8-19(17)23-20/h5-8,11-12,16,23H,9-10,13H2,1-4H3. The Labute approximate surface area is 166 Å². The maximum Gasteiger partial charge on any atom is 0.246 e. The summed E-state index contributed by atoms with van der Waals surface area (Å²) in [4.78, 5) is 3.73. The number of nitrogens with one attached hydrogen (secondary N) is 1. The molecule has 1 N–H and O–H groups in total. The van der Waals surface area contributed by atoms with E-state index in [4.69, 9.17) is 4.74 Å². The van der Waals surface area contributed by atoms with E-state index in [0.717, 1.165) is 29.5 Å². The fraction of sp³-hybridized carbons (Fsp3) is 0.364. The van der Waals surface area contributed by atoms with Crippen molar-refractivity contribution in [2.24, 2.45) is 0 Å². The highest BCUT2D eigenvalue weighted by Gasteiger charge is 2.34. The Balaban J connectivity index is 1.70. The van der Waals surface area contributed by atoms with Gasteiger partial charge in [-0.1, -0.05) is 18.2 Å². The lowest BCUT2D eigenvalue weighted by atomic mass is 9.91. The van der Waals surface area contributed by atoms with E-state index in [-0.39, 0.29) is 10.9 Å². The van der Waals surface area contributed by atoms with Crippen LogP contribution < -0.4 is 4.74 Å². The van der Waals surface area contributed by atoms with Crippen molar-refractivity contribution in [3.63, 3.8) is 0 Å². The maximum atomic E-state index is 13.4. The summed E-state index contributed by atoms with van der Waals surface area (Å²) in [5, 5.41) is 1.19. The second kappa shape index (κ2) is 6.94. The molecule has 0 bridgehead atoms. The number of para-hydroxylation sites is 1. The van der Waals surface area contributed by atoms with Crippen LogP contribution in [0.5, 0.6) is 5.75 Å². The normalized spacial score (nSPS) is 17.1. The lowest BCUT2D eigenvalue weighted by Gasteiger charge is -2.31. The molecule has 1 heterocycles. The molecular formula is C22H26N2O3S. The Hall–Kier alpha value is -2.31. The summed E-state index contributed by atoms with van der Waals surface area (Å²) >= 11 is 0. The molecule has 1 atom stereocenters. The maximum absolute atomic E-state index is 13.4. The van der Waals surface area contributed by atoms with Crippen LogP contribution in [-0.2, 0) is 22.9 Å². The Morgan fingerprint density at radius 3 is 2.61 bits per heavy atom. The molecule has 4 rings (SSSR count). The number of H-pyrrole nitrogens is 1. The van der Waals surface area contributed by atoms with Crippen LogP contribution in [0.1, 0.15) is 28.8 Å². The zero-order valence-electron chi connectivity index (χ0n) is 16.7. The van der Waals surface area contributed by atoms with Crippen LogP contribution in [0.25, 0.3) is 10.9 Å². The van der Waals surface area contributed by atoms with Gasteiger partial charge >= 0.3 is 0 Å². The van der Waals surface area contributed by atoms with Gasteiger partial charge in [0.2, 0.25) is 10.0 Å². The van der Waals surface area contributed by atoms with Crippen LogP contribution in [-0.4, -0.2) is 37.9 Å². The first-order valence-electron chi connectivity index (χ1n) is 9.54. The number of aryl methyl sites for hydroxylation is 3. The van der Waals surface area contributed by atoms with Gasteiger partial charge in [-0.3, -0.25) is 0 Å². The van der Waals surface area contributed by atoms with E-state index >= 15 is 0 Å². The zero-order chi connectivity index (χ0) is 20.1. The smallest absolute Gasteiger partial charge is 0.246 e. The van der Waals surface area contributed by atoms with Gasteiger partial charge in [-0.15, -0.1) is 0 Å². The highest BCUT2D eigenvalue weighted by molar-refractivity contribution is 7.89. The molecule has 0 saturated carbocycles. The first-order chi connectivity index (χ1) is 13.3. The van der Waals surface area contributed by atoms with Crippen molar-refractivity contribution in [3.8, 4) is 5.75 Å². The predicted molar refractivity (Wildman–Crippen MR) is 112 cm³/mol. The Morgan fingerprint density at radius 2 is 1.86 bits per heavy atom. The SMILES string of the molecule is COc1cc(C)c(C)cc1S(=O)(=O)N(C)C1CCc2[nH]c3ccccc3c2C1. The van der Waals surface area contributed by atoms with Gasteiger partial charge in [-0.25, -0.2) is 8.42 Å². The second-order valence-electron chi connectivity index (χ2n) is 7.63. The van der Waals surface area contributed by atoms with E-state index in [1.165, 1.54) is 28.1 Å². The number of methoxy groups -OCH3 is 1. The van der Waals surface area contributed by atoms with Crippen LogP contribution >= 0.6 is 0 Å². The quantitative estimate of drug-likeness (QED) is 0.723. The number of hydrogen-bond donors (Lipinski definition) is 1. The third kappa shape index (κ3) is 3.01. The lowest BCUT2D eigenvalue weighted by molar-refractivity contribution is 0.333. The highest BCUT2D eigenvalue weighted by Crippen LogP contribution is 2.35. The summed E-state index contributed by atoms with van der Waals surface area (Å²) in [7, 11) is -0.457. The number of rotatable bonds is 4. The van der Waals surface area contributed by atoms with E-state index < -0.39 is 10.0 Å². The first-order valence-corrected chi connectivity index (χ1v) is 11.0. The molecule has 148 valence electrons. The van der Waals surface area contributed by atoms with Crippen molar-refractivity contribution in [1.29, 1.82) is 0 Å². The van der Waals surface area contributed by atoms with Gasteiger partial charge in [0.25, 0.3) is 0 Å². The number of nitrogens with zero attached hydrogens (tertiary/aromatic N) is 1. The highest BCUT2D eigenvalue weighted by atomic mass is 32.2. The van der Waals surface area contributed by atoms with Gasteiger partial charge in [-0.05, 0) is 68.0 Å². The van der Waals surface area contributed by atoms with Gasteiger partial charge < -0.3 is 9.72 Å². The fourth-order valence-electron chi connectivity index (χ4n) is 4.14. The molecule has 28 heavy (non-hydrogen) atoms. The van der Waals surface area contributed by atoms with Gasteiger partial charge in [0.1, 0.15) is 10.6 Å². The van der Waals surface area contributed by atoms with Gasteiger partial charge in [0, 0.05) is 29.7 Å². The van der Waals surface area contributed by atoms with Crippen LogP contribution in [0, 0.1) is 13.8 Å². The van der Waals surface area contributed by atoms with Gasteiger partial charge in [0.05, 0.1) is 7.11 Å².